The molecule has 48 nitrogen and oxygen atoms in total. The number of imidazole rings is 2. The molecule has 8 aromatic rings. The fourth-order valence-corrected chi connectivity index (χ4v) is 17.8. The highest BCUT2D eigenvalue weighted by Crippen LogP contribution is 2.53. The lowest BCUT2D eigenvalue weighted by Crippen LogP contribution is -2.40. The minimum atomic E-state index is -4.35. The van der Waals surface area contributed by atoms with Crippen molar-refractivity contribution in [1.82, 2.24) is 72.8 Å². The average Bonchev–Trinajstić information content (AvgIpc) is 1.63. The Kier molecular flexibility index (Phi) is 28.5. The summed E-state index contributed by atoms with van der Waals surface area (Å²) >= 11 is 9.99. The van der Waals surface area contributed by atoms with Gasteiger partial charge in [-0.3, -0.25) is 65.8 Å². The largest absolute Gasteiger partial charge is 0.780 e. The van der Waals surface area contributed by atoms with E-state index in [9.17, 15) is 73.4 Å². The first-order valence-electron chi connectivity index (χ1n) is 35.3. The van der Waals surface area contributed by atoms with Gasteiger partial charge in [0.2, 0.25) is 5.95 Å². The highest BCUT2D eigenvalue weighted by atomic mass is 32.7. The fraction of sp³-hybridized carbons (Fsp3) is 0.556. The van der Waals surface area contributed by atoms with E-state index in [1.165, 1.54) is 76.5 Å². The van der Waals surface area contributed by atoms with Crippen LogP contribution in [0.5, 0.6) is 0 Å². The van der Waals surface area contributed by atoms with Crippen LogP contribution in [0, 0.1) is 6.92 Å². The molecule has 0 saturated carbocycles. The summed E-state index contributed by atoms with van der Waals surface area (Å²) < 4.78 is 117. The Balaban J connectivity index is 0.000000165. The van der Waals surface area contributed by atoms with Crippen molar-refractivity contribution in [2.75, 3.05) is 84.8 Å². The number of hydrogen-bond donors (Lipinski definition) is 13. The number of benzene rings is 1. The van der Waals surface area contributed by atoms with Gasteiger partial charge in [-0.2, -0.15) is 9.97 Å². The summed E-state index contributed by atoms with van der Waals surface area (Å²) in [6.07, 6.45) is -11.6. The highest BCUT2D eigenvalue weighted by molar-refractivity contribution is 8.32. The first-order valence-corrected chi connectivity index (χ1v) is 42.0. The lowest BCUT2D eigenvalue weighted by molar-refractivity contribution is -0.218. The maximum absolute atomic E-state index is 14.3. The molecule has 16 N–H and O–H groups in total. The lowest BCUT2D eigenvalue weighted by Gasteiger charge is -2.34. The third kappa shape index (κ3) is 19.9. The second kappa shape index (κ2) is 37.7. The highest BCUT2D eigenvalue weighted by Gasteiger charge is 2.52. The molecule has 6 aliphatic rings. The first kappa shape index (κ1) is 87.6. The number of nitrogen functional groups attached to an aromatic ring is 3. The third-order valence-electron chi connectivity index (χ3n) is 19.2. The molecule has 7 aromatic heterocycles. The van der Waals surface area contributed by atoms with Crippen LogP contribution < -0.4 is 60.9 Å². The summed E-state index contributed by atoms with van der Waals surface area (Å²) in [5, 5.41) is 64.0. The molecule has 634 valence electrons. The summed E-state index contributed by atoms with van der Waals surface area (Å²) in [6.45, 7) is -8.95. The summed E-state index contributed by atoms with van der Waals surface area (Å²) in [7, 11) is -0.357. The SMILES string of the molecule is CO[C@H]1C(O)[C@@H](COP(=O)(NCc2ccccc2)OC2C[C@H](n3cc(C)c(=O)[nH]c3=O)O[C@@H]2CO)O[C@H]1n1cnc2c(=O)[nH]c(N)nc21.CO[C@H]1C(O)[C@@H](COP([O-])(=S)OC2[C@@H](CO)O[C@@H](n3ccc(N)nc3=O)[C@H]2OC)O[C@H]1n1ccc(=O)[nH]c1=O.Nc1ncnc2c1ncn2[C@H]1CC(OP(=O)([S-])OC[C@H]2OCCC2O)[C@@H](CO)O1. The monoisotopic (exact) mass is 1730 g/mol. The van der Waals surface area contributed by atoms with Crippen LogP contribution in [0.2, 0.25) is 0 Å². The van der Waals surface area contributed by atoms with Gasteiger partial charge in [-0.25, -0.2) is 44.0 Å². The average molecular weight is 1730 g/mol. The number of ether oxygens (including phenoxy) is 9. The van der Waals surface area contributed by atoms with Gasteiger partial charge in [-0.15, -0.1) is 0 Å². The number of methoxy groups -OCH3 is 3. The topological polar surface area (TPSA) is 659 Å². The molecule has 116 heavy (non-hydrogen) atoms. The molecule has 0 radical (unpaired) electrons. The van der Waals surface area contributed by atoms with E-state index in [-0.39, 0.29) is 66.9 Å². The number of nitrogens with zero attached hydrogens (tertiary/aromatic N) is 11. The molecule has 0 spiro atoms. The number of anilines is 3. The van der Waals surface area contributed by atoms with E-state index in [1.807, 2.05) is 6.07 Å². The Labute approximate surface area is 663 Å². The Morgan fingerprint density at radius 1 is 0.621 bits per heavy atom. The summed E-state index contributed by atoms with van der Waals surface area (Å²) in [4.78, 5) is 116. The van der Waals surface area contributed by atoms with E-state index in [0.29, 0.717) is 24.2 Å². The van der Waals surface area contributed by atoms with Crippen LogP contribution in [0.25, 0.3) is 22.3 Å². The van der Waals surface area contributed by atoms with Crippen LogP contribution in [0.1, 0.15) is 61.5 Å². The molecule has 53 heteroatoms. The molecular weight excluding hydrogens is 1650 g/mol. The summed E-state index contributed by atoms with van der Waals surface area (Å²) in [6, 6.07) is 11.5. The molecule has 6 fully saturated rings. The second-order valence-electron chi connectivity index (χ2n) is 26.7. The van der Waals surface area contributed by atoms with E-state index in [4.69, 9.17) is 111 Å². The number of aryl methyl sites for hydroxylation is 1. The number of hydrogen-bond acceptors (Lipinski definition) is 41. The zero-order chi connectivity index (χ0) is 83.2. The van der Waals surface area contributed by atoms with Crippen molar-refractivity contribution in [2.45, 2.75) is 155 Å². The molecule has 1 aromatic carbocycles. The predicted molar refractivity (Wildman–Crippen MR) is 400 cm³/mol. The van der Waals surface area contributed by atoms with Crippen molar-refractivity contribution >= 4 is 85.2 Å². The zero-order valence-electron chi connectivity index (χ0n) is 61.6. The van der Waals surface area contributed by atoms with Crippen LogP contribution >= 0.6 is 21.3 Å². The third-order valence-corrected chi connectivity index (χ3v) is 23.9. The second-order valence-corrected chi connectivity index (χ2v) is 33.9. The smallest absolute Gasteiger partial charge is 0.406 e. The maximum Gasteiger partial charge on any atom is 0.406 e. The van der Waals surface area contributed by atoms with Gasteiger partial charge >= 0.3 is 24.8 Å². The van der Waals surface area contributed by atoms with Gasteiger partial charge in [0.1, 0.15) is 116 Å². The quantitative estimate of drug-likeness (QED) is 0.0156. The van der Waals surface area contributed by atoms with Crippen molar-refractivity contribution < 1.29 is 114 Å². The molecule has 14 rings (SSSR count). The number of nitrogens with two attached hydrogens (primary N) is 3. The normalized spacial score (nSPS) is 30.1. The van der Waals surface area contributed by atoms with Gasteiger partial charge in [-0.05, 0) is 25.0 Å². The standard InChI is InChI=1S/C28H35N8O11P.C20H28N5O12PS.C15H22N5O7PS/c1-14-10-35(28(41)34-24(14)39)19-8-16(17(11-37)45-19)47-48(42,31-9-15-6-4-3-5-7-15)44-12-18-21(38)22(43-2)26(46-18)36-13-30-20-23(36)32-27(29)33-25(20)40;1-32-15-13(28)10(36-17(15)25-6-4-12(27)23-20(25)30)8-34-38(31,39)37-14-9(7-26)35-18(16(14)33-2)24-5-3-11(21)22-19(24)29;16-14-13-15(18-6-17-14)20(7-19-13)12-3-9(10(4-21)26-12)27-28(23,29)25-5-11-8(22)1-2-24-11/h3-7,10,13,16-19,21-22,26,37-38H,8-9,11-12H2,1-2H3,(H,31,42)(H,34,39,41)(H3,29,32,33,40);3-6,9-10,13-18,26,28H,7-8H2,1-2H3,(H,31,39)(H2,21,22,29)(H,23,27,30);6-12,21-22H,1-5H2,(H,23,29)(H2,16,17,18)/p-2/t16?,17-,18-,19-,21?,22+,26-,48?;9-,10-,13?,14?,15+,16+,17-,18-,38?;8?,9?,10-,11-,12-,28?/m111/s1. The number of nitrogens with one attached hydrogen (secondary N) is 4. The number of aromatic amines is 3. The van der Waals surface area contributed by atoms with Crippen molar-refractivity contribution in [1.29, 1.82) is 0 Å². The number of H-pyrrole nitrogens is 3. The molecule has 0 amide bonds. The van der Waals surface area contributed by atoms with Crippen LogP contribution in [0.4, 0.5) is 17.6 Å². The minimum Gasteiger partial charge on any atom is -0.780 e. The van der Waals surface area contributed by atoms with Crippen molar-refractivity contribution in [2.24, 2.45) is 0 Å². The maximum atomic E-state index is 14.3. The van der Waals surface area contributed by atoms with Gasteiger partial charge in [0, 0.05) is 77.5 Å². The van der Waals surface area contributed by atoms with Gasteiger partial charge in [0.05, 0.1) is 64.5 Å². The van der Waals surface area contributed by atoms with Crippen LogP contribution in [-0.4, -0.2) is 257 Å². The van der Waals surface area contributed by atoms with Crippen LogP contribution in [0.3, 0.4) is 0 Å². The number of rotatable bonds is 29. The zero-order valence-corrected chi connectivity index (χ0v) is 65.9. The number of aromatic nitrogens is 14. The molecule has 0 aliphatic carbocycles. The van der Waals surface area contributed by atoms with E-state index in [1.54, 1.807) is 28.8 Å². The molecule has 6 saturated heterocycles. The molecular formula is C63H83N18O30P3S2-2. The predicted octanol–water partition coefficient (Wildman–Crippen LogP) is -4.15. The molecule has 6 aliphatic heterocycles. The van der Waals surface area contributed by atoms with Gasteiger partial charge < -0.3 is 126 Å². The van der Waals surface area contributed by atoms with Crippen molar-refractivity contribution in [3.63, 3.8) is 0 Å². The van der Waals surface area contributed by atoms with E-state index < -0.39 is 204 Å². The van der Waals surface area contributed by atoms with Gasteiger partial charge in [-0.1, -0.05) is 42.1 Å². The van der Waals surface area contributed by atoms with Gasteiger partial charge in [0.15, 0.2) is 48.1 Å². The fourth-order valence-electron chi connectivity index (χ4n) is 13.4. The number of fused-ring (bicyclic) bond motifs is 2. The molecule has 13 heterocycles. The Morgan fingerprint density at radius 2 is 1.21 bits per heavy atom. The lowest BCUT2D eigenvalue weighted by atomic mass is 10.1. The van der Waals surface area contributed by atoms with E-state index in [0.717, 1.165) is 25.3 Å². The van der Waals surface area contributed by atoms with E-state index in [2.05, 4.69) is 49.9 Å². The Bertz CT molecular complexity index is 5260. The summed E-state index contributed by atoms with van der Waals surface area (Å²) in [5.41, 5.74) is 15.0. The number of aliphatic hydroxyl groups excluding tert-OH is 6. The van der Waals surface area contributed by atoms with Gasteiger partial charge in [0.25, 0.3) is 16.7 Å². The number of aliphatic hydroxyl groups is 6. The van der Waals surface area contributed by atoms with Crippen LogP contribution in [-0.2, 0) is 110 Å². The van der Waals surface area contributed by atoms with E-state index >= 15 is 0 Å². The first-order chi connectivity index (χ1) is 55.4. The molecule has 0 bridgehead atoms. The van der Waals surface area contributed by atoms with Crippen LogP contribution in [0.15, 0.2) is 109 Å². The minimum absolute atomic E-state index is 0.00494. The Morgan fingerprint density at radius 3 is 1.84 bits per heavy atom. The molecule has 9 unspecified atom stereocenters. The Hall–Kier alpha value is -7.70. The molecule has 23 atom stereocenters. The summed E-state index contributed by atoms with van der Waals surface area (Å²) in [5.74, 6) is 0.0695. The van der Waals surface area contributed by atoms with Crippen molar-refractivity contribution in [3.05, 3.63) is 154 Å². The van der Waals surface area contributed by atoms with Crippen molar-refractivity contribution in [3.8, 4) is 0 Å².